The highest BCUT2D eigenvalue weighted by atomic mass is 16.6. The normalized spacial score (nSPS) is 12.3. The molecule has 6 nitrogen and oxygen atoms in total. The fraction of sp³-hybridized carbons (Fsp3) is 0.795. The number of ether oxygens (including phenoxy) is 3. The van der Waals surface area contributed by atoms with E-state index in [0.717, 1.165) is 89.9 Å². The number of hydrogen-bond acceptors (Lipinski definition) is 6. The lowest BCUT2D eigenvalue weighted by Gasteiger charge is -2.18. The van der Waals surface area contributed by atoms with Crippen molar-refractivity contribution in [2.24, 2.45) is 0 Å². The van der Waals surface area contributed by atoms with Crippen molar-refractivity contribution in [3.05, 3.63) is 36.5 Å². The molecule has 0 bridgehead atoms. The highest BCUT2D eigenvalue weighted by Crippen LogP contribution is 2.14. The second-order valence-corrected chi connectivity index (χ2v) is 13.9. The zero-order valence-corrected chi connectivity index (χ0v) is 32.9. The highest BCUT2D eigenvalue weighted by Gasteiger charge is 2.19. The average Bonchev–Trinajstić information content (AvgIpc) is 3.11. The van der Waals surface area contributed by atoms with Crippen molar-refractivity contribution in [2.75, 3.05) is 13.2 Å². The quantitative estimate of drug-likeness (QED) is 0.0277. The van der Waals surface area contributed by atoms with Crippen LogP contribution in [0.2, 0.25) is 0 Å². The molecular weight excluding hydrogens is 624 g/mol. The van der Waals surface area contributed by atoms with Gasteiger partial charge in [0.25, 0.3) is 0 Å². The molecule has 0 aliphatic heterocycles. The summed E-state index contributed by atoms with van der Waals surface area (Å²) in [5.74, 6) is -0.941. The Morgan fingerprint density at radius 2 is 0.800 bits per heavy atom. The zero-order chi connectivity index (χ0) is 36.6. The maximum Gasteiger partial charge on any atom is 0.306 e. The number of allylic oxidation sites excluding steroid dienone is 6. The van der Waals surface area contributed by atoms with Crippen LogP contribution >= 0.6 is 0 Å². The third-order valence-corrected chi connectivity index (χ3v) is 8.88. The topological polar surface area (TPSA) is 78.9 Å². The van der Waals surface area contributed by atoms with Crippen molar-refractivity contribution >= 4 is 17.9 Å². The molecule has 0 aliphatic rings. The lowest BCUT2D eigenvalue weighted by Crippen LogP contribution is -2.30. The fourth-order valence-electron chi connectivity index (χ4n) is 5.69. The van der Waals surface area contributed by atoms with Crippen LogP contribution < -0.4 is 0 Å². The van der Waals surface area contributed by atoms with Crippen LogP contribution in [0.4, 0.5) is 0 Å². The second-order valence-electron chi connectivity index (χ2n) is 13.9. The van der Waals surface area contributed by atoms with Crippen LogP contribution in [-0.4, -0.2) is 37.2 Å². The molecule has 0 amide bonds. The first-order valence-electron chi connectivity index (χ1n) is 21.0. The monoisotopic (exact) mass is 703 g/mol. The largest absolute Gasteiger partial charge is 0.462 e. The van der Waals surface area contributed by atoms with Crippen LogP contribution in [-0.2, 0) is 28.6 Å². The highest BCUT2D eigenvalue weighted by molar-refractivity contribution is 5.71. The Morgan fingerprint density at radius 1 is 0.420 bits per heavy atom. The van der Waals surface area contributed by atoms with Crippen molar-refractivity contribution in [2.45, 2.75) is 213 Å². The molecule has 0 rings (SSSR count). The van der Waals surface area contributed by atoms with E-state index in [-0.39, 0.29) is 31.1 Å². The van der Waals surface area contributed by atoms with E-state index in [9.17, 15) is 14.4 Å². The van der Waals surface area contributed by atoms with Crippen LogP contribution in [0.5, 0.6) is 0 Å². The van der Waals surface area contributed by atoms with Gasteiger partial charge in [0.1, 0.15) is 13.2 Å². The number of esters is 3. The molecule has 0 aliphatic carbocycles. The number of unbranched alkanes of at least 4 members (excludes halogenated alkanes) is 20. The molecule has 0 aromatic heterocycles. The molecule has 0 saturated heterocycles. The van der Waals surface area contributed by atoms with Crippen LogP contribution in [0.3, 0.4) is 0 Å². The summed E-state index contributed by atoms with van der Waals surface area (Å²) >= 11 is 0. The third kappa shape index (κ3) is 36.9. The number of hydrogen-bond donors (Lipinski definition) is 0. The predicted molar refractivity (Wildman–Crippen MR) is 210 cm³/mol. The van der Waals surface area contributed by atoms with Crippen molar-refractivity contribution < 1.29 is 28.6 Å². The maximum absolute atomic E-state index is 12.6. The summed E-state index contributed by atoms with van der Waals surface area (Å²) in [6, 6.07) is 0. The first-order valence-corrected chi connectivity index (χ1v) is 21.0. The van der Waals surface area contributed by atoms with Gasteiger partial charge in [0.2, 0.25) is 0 Å². The first kappa shape index (κ1) is 47.6. The summed E-state index contributed by atoms with van der Waals surface area (Å²) in [6.07, 6.45) is 42.8. The number of carbonyl (C=O) groups is 3. The number of rotatable bonds is 37. The maximum atomic E-state index is 12.6. The Labute approximate surface area is 308 Å². The van der Waals surface area contributed by atoms with Crippen molar-refractivity contribution in [1.82, 2.24) is 0 Å². The van der Waals surface area contributed by atoms with E-state index in [1.165, 1.54) is 77.0 Å². The first-order chi connectivity index (χ1) is 24.5. The smallest absolute Gasteiger partial charge is 0.306 e. The summed E-state index contributed by atoms with van der Waals surface area (Å²) < 4.78 is 16.6. The van der Waals surface area contributed by atoms with Gasteiger partial charge >= 0.3 is 17.9 Å². The molecule has 6 heteroatoms. The van der Waals surface area contributed by atoms with E-state index in [0.29, 0.717) is 19.3 Å². The van der Waals surface area contributed by atoms with E-state index in [1.807, 2.05) is 0 Å². The molecule has 0 saturated carbocycles. The van der Waals surface area contributed by atoms with Gasteiger partial charge in [-0.3, -0.25) is 14.4 Å². The van der Waals surface area contributed by atoms with Crippen molar-refractivity contribution in [3.63, 3.8) is 0 Å². The molecule has 0 aromatic rings. The summed E-state index contributed by atoms with van der Waals surface area (Å²) in [7, 11) is 0. The van der Waals surface area contributed by atoms with E-state index < -0.39 is 6.10 Å². The molecule has 1 unspecified atom stereocenters. The fourth-order valence-corrected chi connectivity index (χ4v) is 5.69. The van der Waals surface area contributed by atoms with Gasteiger partial charge in [0.15, 0.2) is 6.10 Å². The van der Waals surface area contributed by atoms with Crippen molar-refractivity contribution in [3.8, 4) is 0 Å². The zero-order valence-electron chi connectivity index (χ0n) is 32.9. The van der Waals surface area contributed by atoms with E-state index in [1.54, 1.807) is 0 Å². The molecule has 0 radical (unpaired) electrons. The van der Waals surface area contributed by atoms with Gasteiger partial charge in [-0.1, -0.05) is 160 Å². The molecule has 0 aromatic carbocycles. The van der Waals surface area contributed by atoms with Crippen LogP contribution in [0.15, 0.2) is 36.5 Å². The molecule has 0 spiro atoms. The molecule has 0 N–H and O–H groups in total. The second kappa shape index (κ2) is 39.4. The third-order valence-electron chi connectivity index (χ3n) is 8.88. The molecule has 290 valence electrons. The minimum absolute atomic E-state index is 0.0854. The minimum Gasteiger partial charge on any atom is -0.462 e. The lowest BCUT2D eigenvalue weighted by molar-refractivity contribution is -0.167. The summed E-state index contributed by atoms with van der Waals surface area (Å²) in [4.78, 5) is 37.5. The Kier molecular flexibility index (Phi) is 37.5. The average molecular weight is 703 g/mol. The predicted octanol–water partition coefficient (Wildman–Crippen LogP) is 13.0. The van der Waals surface area contributed by atoms with Gasteiger partial charge in [-0.2, -0.15) is 0 Å². The lowest BCUT2D eigenvalue weighted by atomic mass is 10.0. The number of carbonyl (C=O) groups excluding carboxylic acids is 3. The molecule has 0 heterocycles. The SMILES string of the molecule is CC/C=C\C/C=C\CCCCC(=O)OCC(COC(=O)CCCCCCCCCCCCCCC)OC(=O)CCCCCC/C=C\CCCC. The molecule has 0 fully saturated rings. The van der Waals surface area contributed by atoms with E-state index in [4.69, 9.17) is 14.2 Å². The Bertz CT molecular complexity index is 861. The van der Waals surface area contributed by atoms with Gasteiger partial charge in [0.05, 0.1) is 0 Å². The van der Waals surface area contributed by atoms with E-state index >= 15 is 0 Å². The summed E-state index contributed by atoms with van der Waals surface area (Å²) in [5, 5.41) is 0. The standard InChI is InChI=1S/C44H78O6/c1-4-7-10-13-16-19-21-22-23-26-28-31-34-37-43(46)49-40-41(39-48-42(45)36-33-30-27-24-18-15-12-9-6-3)50-44(47)38-35-32-29-25-20-17-14-11-8-5-2/h9,12,14,17-18,24,41H,4-8,10-11,13,15-16,19-23,25-40H2,1-3H3/b12-9-,17-14-,24-18-. The Balaban J connectivity index is 4.38. The summed E-state index contributed by atoms with van der Waals surface area (Å²) in [6.45, 7) is 6.41. The van der Waals surface area contributed by atoms with Gasteiger partial charge in [0, 0.05) is 19.3 Å². The molecular formula is C44H78O6. The van der Waals surface area contributed by atoms with Crippen LogP contribution in [0, 0.1) is 0 Å². The summed E-state index contributed by atoms with van der Waals surface area (Å²) in [5.41, 5.74) is 0. The van der Waals surface area contributed by atoms with E-state index in [2.05, 4.69) is 57.2 Å². The van der Waals surface area contributed by atoms with Gasteiger partial charge in [-0.25, -0.2) is 0 Å². The van der Waals surface area contributed by atoms with Gasteiger partial charge in [-0.05, 0) is 64.2 Å². The minimum atomic E-state index is -0.783. The Morgan fingerprint density at radius 3 is 1.32 bits per heavy atom. The molecule has 50 heavy (non-hydrogen) atoms. The Hall–Kier alpha value is -2.37. The molecule has 1 atom stereocenters. The van der Waals surface area contributed by atoms with Crippen molar-refractivity contribution in [1.29, 1.82) is 0 Å². The van der Waals surface area contributed by atoms with Crippen LogP contribution in [0.1, 0.15) is 207 Å². The van der Waals surface area contributed by atoms with Gasteiger partial charge in [-0.15, -0.1) is 0 Å². The van der Waals surface area contributed by atoms with Crippen LogP contribution in [0.25, 0.3) is 0 Å². The van der Waals surface area contributed by atoms with Gasteiger partial charge < -0.3 is 14.2 Å².